The summed E-state index contributed by atoms with van der Waals surface area (Å²) in [4.78, 5) is 11.7. The Kier molecular flexibility index (Phi) is 5.48. The highest BCUT2D eigenvalue weighted by molar-refractivity contribution is 5.82. The third-order valence-corrected chi connectivity index (χ3v) is 6.56. The van der Waals surface area contributed by atoms with Crippen LogP contribution in [-0.2, 0) is 22.4 Å². The van der Waals surface area contributed by atoms with E-state index in [4.69, 9.17) is 18.9 Å². The molecule has 0 saturated heterocycles. The molecule has 0 spiro atoms. The number of aryl methyl sites for hydroxylation is 1. The van der Waals surface area contributed by atoms with Crippen molar-refractivity contribution in [3.63, 3.8) is 0 Å². The van der Waals surface area contributed by atoms with Gasteiger partial charge in [0, 0.05) is 35.7 Å². The third kappa shape index (κ3) is 3.67. The molecule has 5 rings (SSSR count). The van der Waals surface area contributed by atoms with E-state index in [2.05, 4.69) is 0 Å². The zero-order valence-electron chi connectivity index (χ0n) is 19.3. The lowest BCUT2D eigenvalue weighted by atomic mass is 9.78. The standard InChI is InChI=1S/C27H26O7/c1-14(28)33-13-22-26-21-6-4-15-8-17(29)5-7-20(15)25(21)23(32-3)12-24(26)34-27(22)16-9-18(30)11-19(10-16)31-2/h5,7-12,22,27,29-30H,4,6,13H2,1-3H3. The first-order chi connectivity index (χ1) is 16.4. The Hall–Kier alpha value is -3.87. The lowest BCUT2D eigenvalue weighted by Gasteiger charge is -2.26. The lowest BCUT2D eigenvalue weighted by molar-refractivity contribution is -0.141. The number of fused-ring (bicyclic) bond motifs is 5. The molecular formula is C27H26O7. The van der Waals surface area contributed by atoms with Gasteiger partial charge in [-0.25, -0.2) is 0 Å². The van der Waals surface area contributed by atoms with Crippen molar-refractivity contribution in [3.8, 4) is 39.9 Å². The van der Waals surface area contributed by atoms with Crippen molar-refractivity contribution in [3.05, 3.63) is 64.7 Å². The summed E-state index contributed by atoms with van der Waals surface area (Å²) >= 11 is 0. The summed E-state index contributed by atoms with van der Waals surface area (Å²) in [7, 11) is 3.16. The molecule has 0 aromatic heterocycles. The minimum Gasteiger partial charge on any atom is -0.508 e. The molecule has 1 aliphatic carbocycles. The van der Waals surface area contributed by atoms with Crippen molar-refractivity contribution in [1.82, 2.24) is 0 Å². The summed E-state index contributed by atoms with van der Waals surface area (Å²) in [6, 6.07) is 12.2. The fraction of sp³-hybridized carbons (Fsp3) is 0.296. The first-order valence-corrected chi connectivity index (χ1v) is 11.1. The van der Waals surface area contributed by atoms with Crippen LogP contribution in [0.25, 0.3) is 11.1 Å². The number of hydrogen-bond acceptors (Lipinski definition) is 7. The van der Waals surface area contributed by atoms with E-state index >= 15 is 0 Å². The quantitative estimate of drug-likeness (QED) is 0.533. The second kappa shape index (κ2) is 8.48. The number of phenols is 2. The Morgan fingerprint density at radius 3 is 2.59 bits per heavy atom. The smallest absolute Gasteiger partial charge is 0.302 e. The number of carbonyl (C=O) groups excluding carboxylic acids is 1. The molecule has 0 amide bonds. The van der Waals surface area contributed by atoms with Gasteiger partial charge in [-0.15, -0.1) is 0 Å². The summed E-state index contributed by atoms with van der Waals surface area (Å²) in [5.41, 5.74) is 5.80. The zero-order chi connectivity index (χ0) is 24.0. The van der Waals surface area contributed by atoms with Crippen LogP contribution in [0.4, 0.5) is 0 Å². The zero-order valence-corrected chi connectivity index (χ0v) is 19.3. The van der Waals surface area contributed by atoms with Crippen molar-refractivity contribution in [2.45, 2.75) is 31.8 Å². The highest BCUT2D eigenvalue weighted by atomic mass is 16.5. The second-order valence-corrected chi connectivity index (χ2v) is 8.60. The lowest BCUT2D eigenvalue weighted by Crippen LogP contribution is -2.18. The van der Waals surface area contributed by atoms with E-state index < -0.39 is 6.10 Å². The van der Waals surface area contributed by atoms with Gasteiger partial charge in [0.2, 0.25) is 0 Å². The minimum atomic E-state index is -0.493. The molecule has 3 aromatic carbocycles. The van der Waals surface area contributed by atoms with Crippen LogP contribution in [0.15, 0.2) is 42.5 Å². The van der Waals surface area contributed by atoms with Crippen molar-refractivity contribution in [2.75, 3.05) is 20.8 Å². The molecule has 0 fully saturated rings. The fourth-order valence-corrected chi connectivity index (χ4v) is 5.15. The van der Waals surface area contributed by atoms with Crippen LogP contribution in [0.5, 0.6) is 28.7 Å². The molecule has 0 bridgehead atoms. The monoisotopic (exact) mass is 462 g/mol. The SMILES string of the molecule is COc1cc(O)cc(C2Oc3cc(OC)c4c(c3C2COC(C)=O)CCc2cc(O)ccc2-4)c1. The van der Waals surface area contributed by atoms with Crippen LogP contribution in [0, 0.1) is 0 Å². The van der Waals surface area contributed by atoms with E-state index in [1.807, 2.05) is 18.2 Å². The predicted octanol–water partition coefficient (Wildman–Crippen LogP) is 4.66. The molecule has 1 aliphatic heterocycles. The molecule has 176 valence electrons. The van der Waals surface area contributed by atoms with Crippen LogP contribution >= 0.6 is 0 Å². The molecule has 2 N–H and O–H groups in total. The molecule has 7 nitrogen and oxygen atoms in total. The maximum atomic E-state index is 11.7. The number of ether oxygens (including phenoxy) is 4. The van der Waals surface area contributed by atoms with Crippen LogP contribution in [0.2, 0.25) is 0 Å². The molecule has 7 heteroatoms. The normalized spacial score (nSPS) is 17.7. The molecule has 3 aromatic rings. The number of esters is 1. The van der Waals surface area contributed by atoms with Crippen LogP contribution < -0.4 is 14.2 Å². The van der Waals surface area contributed by atoms with Gasteiger partial charge in [-0.2, -0.15) is 0 Å². The Labute approximate surface area is 197 Å². The molecular weight excluding hydrogens is 436 g/mol. The van der Waals surface area contributed by atoms with Crippen molar-refractivity contribution < 1.29 is 34.0 Å². The van der Waals surface area contributed by atoms with E-state index in [1.165, 1.54) is 20.1 Å². The maximum Gasteiger partial charge on any atom is 0.302 e. The fourth-order valence-electron chi connectivity index (χ4n) is 5.15. The van der Waals surface area contributed by atoms with Gasteiger partial charge in [0.05, 0.1) is 20.1 Å². The van der Waals surface area contributed by atoms with Gasteiger partial charge in [-0.05, 0) is 53.8 Å². The van der Waals surface area contributed by atoms with E-state index in [9.17, 15) is 15.0 Å². The van der Waals surface area contributed by atoms with Crippen molar-refractivity contribution in [2.24, 2.45) is 0 Å². The predicted molar refractivity (Wildman–Crippen MR) is 125 cm³/mol. The topological polar surface area (TPSA) is 94.5 Å². The van der Waals surface area contributed by atoms with E-state index in [0.717, 1.165) is 46.2 Å². The van der Waals surface area contributed by atoms with Crippen molar-refractivity contribution >= 4 is 5.97 Å². The van der Waals surface area contributed by atoms with Gasteiger partial charge >= 0.3 is 5.97 Å². The highest BCUT2D eigenvalue weighted by Gasteiger charge is 2.41. The molecule has 1 heterocycles. The molecule has 2 aliphatic rings. The number of carbonyl (C=O) groups is 1. The Bertz CT molecular complexity index is 1280. The average molecular weight is 462 g/mol. The largest absolute Gasteiger partial charge is 0.508 e. The van der Waals surface area contributed by atoms with E-state index in [-0.39, 0.29) is 30.0 Å². The Morgan fingerprint density at radius 2 is 1.85 bits per heavy atom. The van der Waals surface area contributed by atoms with E-state index in [0.29, 0.717) is 17.2 Å². The number of phenolic OH excluding ortho intramolecular Hbond substituents is 2. The first-order valence-electron chi connectivity index (χ1n) is 11.1. The average Bonchev–Trinajstić information content (AvgIpc) is 3.19. The van der Waals surface area contributed by atoms with Gasteiger partial charge in [-0.1, -0.05) is 6.07 Å². The Morgan fingerprint density at radius 1 is 1.03 bits per heavy atom. The highest BCUT2D eigenvalue weighted by Crippen LogP contribution is 2.55. The third-order valence-electron chi connectivity index (χ3n) is 6.56. The van der Waals surface area contributed by atoms with E-state index in [1.54, 1.807) is 25.3 Å². The number of aromatic hydroxyl groups is 2. The summed E-state index contributed by atoms with van der Waals surface area (Å²) in [6.45, 7) is 1.52. The van der Waals surface area contributed by atoms with Gasteiger partial charge in [-0.3, -0.25) is 4.79 Å². The van der Waals surface area contributed by atoms with Gasteiger partial charge < -0.3 is 29.2 Å². The minimum absolute atomic E-state index is 0.0634. The number of methoxy groups -OCH3 is 2. The number of benzene rings is 3. The molecule has 34 heavy (non-hydrogen) atoms. The van der Waals surface area contributed by atoms with Crippen LogP contribution in [-0.4, -0.2) is 37.0 Å². The number of rotatable bonds is 5. The van der Waals surface area contributed by atoms with Gasteiger partial charge in [0.25, 0.3) is 0 Å². The van der Waals surface area contributed by atoms with Crippen LogP contribution in [0.3, 0.4) is 0 Å². The second-order valence-electron chi connectivity index (χ2n) is 8.60. The summed E-state index contributed by atoms with van der Waals surface area (Å²) in [5.74, 6) is 1.49. The maximum absolute atomic E-state index is 11.7. The Balaban J connectivity index is 1.68. The molecule has 2 atom stereocenters. The molecule has 0 radical (unpaired) electrons. The van der Waals surface area contributed by atoms with Gasteiger partial charge in [0.1, 0.15) is 41.5 Å². The summed E-state index contributed by atoms with van der Waals surface area (Å²) < 4.78 is 23.0. The molecule has 2 unspecified atom stereocenters. The summed E-state index contributed by atoms with van der Waals surface area (Å²) in [5, 5.41) is 20.2. The van der Waals surface area contributed by atoms with Crippen LogP contribution in [0.1, 0.15) is 41.2 Å². The molecule has 0 saturated carbocycles. The first kappa shape index (κ1) is 21.9. The summed E-state index contributed by atoms with van der Waals surface area (Å²) in [6.07, 6.45) is 0.982. The van der Waals surface area contributed by atoms with Crippen molar-refractivity contribution in [1.29, 1.82) is 0 Å². The van der Waals surface area contributed by atoms with Gasteiger partial charge in [0.15, 0.2) is 0 Å². The number of hydrogen-bond donors (Lipinski definition) is 2.